The number of aldehydes is 1. The standard InChI is InChI=1S/C35H53FN6O5/c1-35(2,3)47-34(46)41-16-8-24(9-17-41)22-39-14-10-25(11-15-39)26-12-18-40(19-13-26)29-21-30-31(20-28(29)36)42(33(45)38(30)5)27(23-43)6-7-32(44)37-4/h20-21,23-27H,6-19,22H2,1-5H3,(H,37,44). The number of imidazole rings is 1. The second kappa shape index (κ2) is 14.8. The molecule has 0 saturated carbocycles. The van der Waals surface area contributed by atoms with Crippen LogP contribution in [0.3, 0.4) is 0 Å². The third-order valence-corrected chi connectivity index (χ3v) is 10.6. The molecule has 0 bridgehead atoms. The van der Waals surface area contributed by atoms with Gasteiger partial charge >= 0.3 is 11.8 Å². The van der Waals surface area contributed by atoms with Crippen molar-refractivity contribution in [1.82, 2.24) is 24.3 Å². The fraction of sp³-hybridized carbons (Fsp3) is 0.714. The van der Waals surface area contributed by atoms with Crippen molar-refractivity contribution >= 4 is 35.0 Å². The minimum atomic E-state index is -0.854. The van der Waals surface area contributed by atoms with E-state index in [1.54, 1.807) is 13.1 Å². The van der Waals surface area contributed by atoms with Crippen molar-refractivity contribution in [2.24, 2.45) is 24.8 Å². The fourth-order valence-corrected chi connectivity index (χ4v) is 7.80. The topological polar surface area (TPSA) is 109 Å². The number of nitrogens with one attached hydrogen (secondary N) is 1. The van der Waals surface area contributed by atoms with Gasteiger partial charge in [0.05, 0.1) is 22.8 Å². The number of rotatable bonds is 9. The van der Waals surface area contributed by atoms with E-state index in [4.69, 9.17) is 4.74 Å². The molecule has 5 rings (SSSR count). The van der Waals surface area contributed by atoms with E-state index in [9.17, 15) is 19.2 Å². The van der Waals surface area contributed by atoms with Crippen LogP contribution in [0.1, 0.15) is 78.2 Å². The molecule has 260 valence electrons. The van der Waals surface area contributed by atoms with E-state index in [0.29, 0.717) is 40.8 Å². The average Bonchev–Trinajstić information content (AvgIpc) is 3.29. The largest absolute Gasteiger partial charge is 0.444 e. The van der Waals surface area contributed by atoms with E-state index < -0.39 is 23.1 Å². The van der Waals surface area contributed by atoms with Gasteiger partial charge in [-0.1, -0.05) is 0 Å². The van der Waals surface area contributed by atoms with Crippen molar-refractivity contribution in [3.05, 3.63) is 28.4 Å². The monoisotopic (exact) mass is 656 g/mol. The first-order valence-corrected chi connectivity index (χ1v) is 17.4. The number of nitrogens with zero attached hydrogens (tertiary/aromatic N) is 5. The number of aromatic nitrogens is 2. The molecular weight excluding hydrogens is 603 g/mol. The van der Waals surface area contributed by atoms with Crippen molar-refractivity contribution in [3.8, 4) is 0 Å². The molecule has 11 nitrogen and oxygen atoms in total. The number of aryl methyl sites for hydroxylation is 1. The van der Waals surface area contributed by atoms with Crippen LogP contribution in [0.25, 0.3) is 11.0 Å². The van der Waals surface area contributed by atoms with Crippen LogP contribution in [0.2, 0.25) is 0 Å². The first kappa shape index (κ1) is 34.9. The number of hydrogen-bond donors (Lipinski definition) is 1. The molecule has 0 radical (unpaired) electrons. The fourth-order valence-electron chi connectivity index (χ4n) is 7.80. The lowest BCUT2D eigenvalue weighted by Gasteiger charge is -2.42. The Morgan fingerprint density at radius 3 is 2.17 bits per heavy atom. The molecule has 1 unspecified atom stereocenters. The maximum absolute atomic E-state index is 15.6. The molecule has 2 amide bonds. The summed E-state index contributed by atoms with van der Waals surface area (Å²) in [5.41, 5.74) is 0.560. The predicted molar refractivity (Wildman–Crippen MR) is 180 cm³/mol. The Morgan fingerprint density at radius 2 is 1.60 bits per heavy atom. The third kappa shape index (κ3) is 8.18. The Kier molecular flexibility index (Phi) is 11.0. The Bertz CT molecular complexity index is 1470. The second-order valence-corrected chi connectivity index (χ2v) is 14.8. The Labute approximate surface area is 277 Å². The average molecular weight is 657 g/mol. The molecule has 47 heavy (non-hydrogen) atoms. The van der Waals surface area contributed by atoms with Crippen LogP contribution in [-0.2, 0) is 21.4 Å². The SMILES string of the molecule is CNC(=O)CCC(C=O)n1c(=O)n(C)c2cc(N3CCC(C4CCN(CC5CCN(C(=O)OC(C)(C)C)CC5)CC4)CC3)c(F)cc21. The van der Waals surface area contributed by atoms with Crippen LogP contribution in [0.4, 0.5) is 14.9 Å². The van der Waals surface area contributed by atoms with Gasteiger partial charge in [0.2, 0.25) is 5.91 Å². The van der Waals surface area contributed by atoms with Crippen molar-refractivity contribution in [3.63, 3.8) is 0 Å². The molecule has 3 aliphatic rings. The number of halogens is 1. The molecule has 0 spiro atoms. The van der Waals surface area contributed by atoms with Crippen molar-refractivity contribution in [1.29, 1.82) is 0 Å². The van der Waals surface area contributed by atoms with Gasteiger partial charge in [0.15, 0.2) is 0 Å². The minimum Gasteiger partial charge on any atom is -0.444 e. The van der Waals surface area contributed by atoms with Crippen LogP contribution in [0.5, 0.6) is 0 Å². The number of hydrogen-bond acceptors (Lipinski definition) is 7. The Hall–Kier alpha value is -3.41. The minimum absolute atomic E-state index is 0.0913. The van der Waals surface area contributed by atoms with Crippen LogP contribution < -0.4 is 15.9 Å². The predicted octanol–water partition coefficient (Wildman–Crippen LogP) is 4.32. The van der Waals surface area contributed by atoms with E-state index >= 15 is 4.39 Å². The van der Waals surface area contributed by atoms with Gasteiger partial charge < -0.3 is 29.5 Å². The lowest BCUT2D eigenvalue weighted by molar-refractivity contribution is -0.121. The molecular formula is C35H53FN6O5. The Balaban J connectivity index is 1.12. The van der Waals surface area contributed by atoms with Crippen molar-refractivity contribution in [2.75, 3.05) is 57.8 Å². The van der Waals surface area contributed by atoms with Gasteiger partial charge in [-0.25, -0.2) is 14.0 Å². The molecule has 3 aliphatic heterocycles. The Morgan fingerprint density at radius 1 is 0.979 bits per heavy atom. The molecule has 0 aliphatic carbocycles. The van der Waals surface area contributed by atoms with Gasteiger partial charge in [-0.05, 0) is 103 Å². The summed E-state index contributed by atoms with van der Waals surface area (Å²) in [6.45, 7) is 12.1. The number of likely N-dealkylation sites (tertiary alicyclic amines) is 2. The first-order chi connectivity index (χ1) is 22.4. The molecule has 2 aromatic rings. The zero-order valence-electron chi connectivity index (χ0n) is 28.8. The summed E-state index contributed by atoms with van der Waals surface area (Å²) in [6.07, 6.45) is 7.15. The van der Waals surface area contributed by atoms with E-state index in [1.807, 2.05) is 25.7 Å². The zero-order chi connectivity index (χ0) is 33.9. The molecule has 1 aromatic heterocycles. The van der Waals surface area contributed by atoms with E-state index in [0.717, 1.165) is 71.5 Å². The number of amides is 2. The number of carbonyl (C=O) groups is 3. The molecule has 1 aromatic carbocycles. The van der Waals surface area contributed by atoms with Crippen LogP contribution in [0.15, 0.2) is 16.9 Å². The van der Waals surface area contributed by atoms with Gasteiger partial charge in [0, 0.05) is 59.3 Å². The van der Waals surface area contributed by atoms with E-state index in [2.05, 4.69) is 15.1 Å². The lowest BCUT2D eigenvalue weighted by atomic mass is 9.78. The first-order valence-electron chi connectivity index (χ1n) is 17.4. The number of fused-ring (bicyclic) bond motifs is 1. The molecule has 12 heteroatoms. The summed E-state index contributed by atoms with van der Waals surface area (Å²) in [5, 5.41) is 2.53. The van der Waals surface area contributed by atoms with E-state index in [1.165, 1.54) is 35.1 Å². The smallest absolute Gasteiger partial charge is 0.410 e. The summed E-state index contributed by atoms with van der Waals surface area (Å²) in [5.74, 6) is 1.29. The summed E-state index contributed by atoms with van der Waals surface area (Å²) in [4.78, 5) is 55.8. The lowest BCUT2D eigenvalue weighted by Crippen LogP contribution is -2.45. The highest BCUT2D eigenvalue weighted by Gasteiger charge is 2.33. The molecule has 1 atom stereocenters. The summed E-state index contributed by atoms with van der Waals surface area (Å²) < 4.78 is 23.9. The normalized spacial score (nSPS) is 20.0. The number of carbonyl (C=O) groups excluding carboxylic acids is 3. The van der Waals surface area contributed by atoms with Crippen molar-refractivity contribution in [2.45, 2.75) is 83.8 Å². The van der Waals surface area contributed by atoms with Crippen LogP contribution >= 0.6 is 0 Å². The van der Waals surface area contributed by atoms with E-state index in [-0.39, 0.29) is 24.8 Å². The molecule has 1 N–H and O–H groups in total. The third-order valence-electron chi connectivity index (χ3n) is 10.6. The maximum atomic E-state index is 15.6. The van der Waals surface area contributed by atoms with Gasteiger partial charge in [-0.3, -0.25) is 13.9 Å². The van der Waals surface area contributed by atoms with Gasteiger partial charge in [0.25, 0.3) is 0 Å². The molecule has 3 saturated heterocycles. The van der Waals surface area contributed by atoms with Gasteiger partial charge in [0.1, 0.15) is 17.7 Å². The van der Waals surface area contributed by atoms with Crippen molar-refractivity contribution < 1.29 is 23.5 Å². The zero-order valence-corrected chi connectivity index (χ0v) is 28.8. The van der Waals surface area contributed by atoms with Gasteiger partial charge in [-0.2, -0.15) is 0 Å². The number of anilines is 1. The second-order valence-electron chi connectivity index (χ2n) is 14.8. The summed E-state index contributed by atoms with van der Waals surface area (Å²) in [6, 6.07) is 2.25. The van der Waals surface area contributed by atoms with Gasteiger partial charge in [-0.15, -0.1) is 0 Å². The van der Waals surface area contributed by atoms with Crippen LogP contribution in [-0.4, -0.2) is 95.7 Å². The maximum Gasteiger partial charge on any atom is 0.410 e. The van der Waals surface area contributed by atoms with Crippen LogP contribution in [0, 0.1) is 23.6 Å². The highest BCUT2D eigenvalue weighted by atomic mass is 19.1. The number of benzene rings is 1. The number of piperidine rings is 3. The highest BCUT2D eigenvalue weighted by molar-refractivity contribution is 5.82. The summed E-state index contributed by atoms with van der Waals surface area (Å²) >= 11 is 0. The summed E-state index contributed by atoms with van der Waals surface area (Å²) in [7, 11) is 3.16. The quantitative estimate of drug-likeness (QED) is 0.401. The molecule has 4 heterocycles. The molecule has 3 fully saturated rings. The highest BCUT2D eigenvalue weighted by Crippen LogP contribution is 2.36. The number of ether oxygens (including phenoxy) is 1.